The first-order valence-electron chi connectivity index (χ1n) is 6.11. The highest BCUT2D eigenvalue weighted by Crippen LogP contribution is 2.26. The molecule has 5 heteroatoms. The van der Waals surface area contributed by atoms with Gasteiger partial charge in [-0.3, -0.25) is 4.57 Å². The first kappa shape index (κ1) is 11.6. The van der Waals surface area contributed by atoms with Gasteiger partial charge in [-0.1, -0.05) is 6.92 Å². The third-order valence-electron chi connectivity index (χ3n) is 3.23. The average Bonchev–Trinajstić information content (AvgIpc) is 3.03. The lowest BCUT2D eigenvalue weighted by Gasteiger charge is -2.17. The molecule has 0 amide bonds. The van der Waals surface area contributed by atoms with E-state index in [1.807, 2.05) is 34.8 Å². The molecule has 0 spiro atoms. The Morgan fingerprint density at radius 1 is 1.39 bits per heavy atom. The third-order valence-corrected chi connectivity index (χ3v) is 4.59. The van der Waals surface area contributed by atoms with E-state index in [1.54, 1.807) is 12.5 Å². The standard InChI is InChI=1S/C13H16N4S/c1-10-7-18-8-12(10)16-11-2-3-13(15-6-11)17-5-4-14-9-17/h2-6,9-10,12,16H,7-8H2,1H3. The summed E-state index contributed by atoms with van der Waals surface area (Å²) in [7, 11) is 0. The fourth-order valence-electron chi connectivity index (χ4n) is 2.08. The minimum atomic E-state index is 0.566. The van der Waals surface area contributed by atoms with Gasteiger partial charge in [-0.15, -0.1) is 0 Å². The summed E-state index contributed by atoms with van der Waals surface area (Å²) in [4.78, 5) is 8.46. The van der Waals surface area contributed by atoms with Crippen molar-refractivity contribution in [1.82, 2.24) is 14.5 Å². The Labute approximate surface area is 111 Å². The Balaban J connectivity index is 1.71. The lowest BCUT2D eigenvalue weighted by Crippen LogP contribution is -2.25. The predicted octanol–water partition coefficient (Wildman–Crippen LogP) is 2.43. The number of nitrogens with one attached hydrogen (secondary N) is 1. The first-order valence-corrected chi connectivity index (χ1v) is 7.27. The Hall–Kier alpha value is -1.49. The summed E-state index contributed by atoms with van der Waals surface area (Å²) in [6.07, 6.45) is 7.30. The van der Waals surface area contributed by atoms with Crippen molar-refractivity contribution in [3.8, 4) is 5.82 Å². The second-order valence-corrected chi connectivity index (χ2v) is 5.72. The molecule has 4 nitrogen and oxygen atoms in total. The summed E-state index contributed by atoms with van der Waals surface area (Å²) in [6, 6.07) is 4.66. The zero-order chi connectivity index (χ0) is 12.4. The molecule has 0 aromatic carbocycles. The molecular weight excluding hydrogens is 244 g/mol. The average molecular weight is 260 g/mol. The van der Waals surface area contributed by atoms with Gasteiger partial charge in [-0.25, -0.2) is 9.97 Å². The second kappa shape index (κ2) is 5.02. The van der Waals surface area contributed by atoms with Gasteiger partial charge in [0.1, 0.15) is 12.1 Å². The summed E-state index contributed by atoms with van der Waals surface area (Å²) in [6.45, 7) is 2.30. The molecule has 1 saturated heterocycles. The van der Waals surface area contributed by atoms with Crippen LogP contribution >= 0.6 is 11.8 Å². The van der Waals surface area contributed by atoms with Gasteiger partial charge in [0.25, 0.3) is 0 Å². The Bertz CT molecular complexity index is 494. The van der Waals surface area contributed by atoms with Crippen LogP contribution in [0, 0.1) is 5.92 Å². The van der Waals surface area contributed by atoms with Gasteiger partial charge in [-0.05, 0) is 23.8 Å². The molecule has 3 rings (SSSR count). The Morgan fingerprint density at radius 3 is 2.94 bits per heavy atom. The van der Waals surface area contributed by atoms with E-state index in [9.17, 15) is 0 Å². The molecule has 2 atom stereocenters. The SMILES string of the molecule is CC1CSCC1Nc1ccc(-n2ccnc2)nc1. The zero-order valence-electron chi connectivity index (χ0n) is 10.3. The maximum atomic E-state index is 4.44. The molecule has 94 valence electrons. The van der Waals surface area contributed by atoms with Gasteiger partial charge in [0, 0.05) is 24.2 Å². The molecular formula is C13H16N4S. The van der Waals surface area contributed by atoms with Crippen molar-refractivity contribution in [2.75, 3.05) is 16.8 Å². The first-order chi connectivity index (χ1) is 8.83. The van der Waals surface area contributed by atoms with Crippen LogP contribution in [0.5, 0.6) is 0 Å². The monoisotopic (exact) mass is 260 g/mol. The van der Waals surface area contributed by atoms with Crippen molar-refractivity contribution < 1.29 is 0 Å². The van der Waals surface area contributed by atoms with Crippen LogP contribution in [0.4, 0.5) is 5.69 Å². The number of pyridine rings is 1. The van der Waals surface area contributed by atoms with Crippen LogP contribution < -0.4 is 5.32 Å². The van der Waals surface area contributed by atoms with E-state index in [0.29, 0.717) is 6.04 Å². The highest BCUT2D eigenvalue weighted by Gasteiger charge is 2.23. The molecule has 1 aliphatic heterocycles. The van der Waals surface area contributed by atoms with Gasteiger partial charge in [0.05, 0.1) is 11.9 Å². The number of imidazole rings is 1. The molecule has 0 saturated carbocycles. The summed E-state index contributed by atoms with van der Waals surface area (Å²) >= 11 is 2.02. The lowest BCUT2D eigenvalue weighted by atomic mass is 10.1. The third kappa shape index (κ3) is 2.36. The number of nitrogens with zero attached hydrogens (tertiary/aromatic N) is 3. The molecule has 1 N–H and O–H groups in total. The number of hydrogen-bond acceptors (Lipinski definition) is 4. The summed E-state index contributed by atoms with van der Waals surface area (Å²) in [5, 5.41) is 3.55. The van der Waals surface area contributed by atoms with Crippen LogP contribution in [-0.4, -0.2) is 32.1 Å². The molecule has 0 bridgehead atoms. The van der Waals surface area contributed by atoms with Crippen LogP contribution in [0.3, 0.4) is 0 Å². The fourth-order valence-corrected chi connectivity index (χ4v) is 3.48. The van der Waals surface area contributed by atoms with E-state index in [4.69, 9.17) is 0 Å². The number of aromatic nitrogens is 3. The van der Waals surface area contributed by atoms with Crippen molar-refractivity contribution >= 4 is 17.4 Å². The Morgan fingerprint density at radius 2 is 2.33 bits per heavy atom. The topological polar surface area (TPSA) is 42.7 Å². The maximum absolute atomic E-state index is 4.44. The zero-order valence-corrected chi connectivity index (χ0v) is 11.1. The minimum Gasteiger partial charge on any atom is -0.380 e. The van der Waals surface area contributed by atoms with E-state index in [-0.39, 0.29) is 0 Å². The van der Waals surface area contributed by atoms with Gasteiger partial charge in [-0.2, -0.15) is 11.8 Å². The van der Waals surface area contributed by atoms with Crippen LogP contribution in [0.2, 0.25) is 0 Å². The quantitative estimate of drug-likeness (QED) is 0.920. The largest absolute Gasteiger partial charge is 0.380 e. The molecule has 0 aliphatic carbocycles. The number of thioether (sulfide) groups is 1. The molecule has 3 heterocycles. The number of anilines is 1. The van der Waals surface area contributed by atoms with E-state index in [0.717, 1.165) is 17.4 Å². The van der Waals surface area contributed by atoms with E-state index in [2.05, 4.69) is 28.3 Å². The normalized spacial score (nSPS) is 23.2. The molecule has 0 radical (unpaired) electrons. The van der Waals surface area contributed by atoms with Gasteiger partial charge >= 0.3 is 0 Å². The lowest BCUT2D eigenvalue weighted by molar-refractivity contribution is 0.599. The highest BCUT2D eigenvalue weighted by atomic mass is 32.2. The van der Waals surface area contributed by atoms with Crippen molar-refractivity contribution in [3.05, 3.63) is 37.1 Å². The maximum Gasteiger partial charge on any atom is 0.137 e. The van der Waals surface area contributed by atoms with Gasteiger partial charge in [0.2, 0.25) is 0 Å². The Kier molecular flexibility index (Phi) is 3.23. The summed E-state index contributed by atoms with van der Waals surface area (Å²) < 4.78 is 1.90. The minimum absolute atomic E-state index is 0.566. The van der Waals surface area contributed by atoms with E-state index in [1.165, 1.54) is 11.5 Å². The van der Waals surface area contributed by atoms with E-state index >= 15 is 0 Å². The second-order valence-electron chi connectivity index (χ2n) is 4.64. The predicted molar refractivity (Wildman–Crippen MR) is 75.3 cm³/mol. The molecule has 2 aromatic heterocycles. The molecule has 2 aromatic rings. The molecule has 2 unspecified atom stereocenters. The summed E-state index contributed by atoms with van der Waals surface area (Å²) in [5.74, 6) is 4.05. The van der Waals surface area contributed by atoms with Crippen molar-refractivity contribution in [2.45, 2.75) is 13.0 Å². The highest BCUT2D eigenvalue weighted by molar-refractivity contribution is 7.99. The van der Waals surface area contributed by atoms with Crippen LogP contribution in [0.1, 0.15) is 6.92 Å². The van der Waals surface area contributed by atoms with Crippen LogP contribution in [-0.2, 0) is 0 Å². The van der Waals surface area contributed by atoms with Crippen LogP contribution in [0.15, 0.2) is 37.1 Å². The fraction of sp³-hybridized carbons (Fsp3) is 0.385. The van der Waals surface area contributed by atoms with Gasteiger partial charge < -0.3 is 5.32 Å². The number of hydrogen-bond donors (Lipinski definition) is 1. The molecule has 18 heavy (non-hydrogen) atoms. The smallest absolute Gasteiger partial charge is 0.137 e. The van der Waals surface area contributed by atoms with E-state index < -0.39 is 0 Å². The van der Waals surface area contributed by atoms with Crippen LogP contribution in [0.25, 0.3) is 5.82 Å². The van der Waals surface area contributed by atoms with Crippen molar-refractivity contribution in [2.24, 2.45) is 5.92 Å². The molecule has 1 aliphatic rings. The molecule has 1 fully saturated rings. The number of rotatable bonds is 3. The van der Waals surface area contributed by atoms with Crippen molar-refractivity contribution in [3.63, 3.8) is 0 Å². The summed E-state index contributed by atoms with van der Waals surface area (Å²) in [5.41, 5.74) is 1.10. The van der Waals surface area contributed by atoms with Gasteiger partial charge in [0.15, 0.2) is 0 Å². The van der Waals surface area contributed by atoms with Crippen molar-refractivity contribution in [1.29, 1.82) is 0 Å².